The molecule has 5 heteroatoms. The van der Waals surface area contributed by atoms with Gasteiger partial charge in [0.15, 0.2) is 5.16 Å². The number of nitrogens with one attached hydrogen (secondary N) is 2. The zero-order chi connectivity index (χ0) is 12.3. The van der Waals surface area contributed by atoms with E-state index in [2.05, 4.69) is 21.9 Å². The summed E-state index contributed by atoms with van der Waals surface area (Å²) in [6.07, 6.45) is 0. The van der Waals surface area contributed by atoms with Crippen LogP contribution in [-0.4, -0.2) is 21.8 Å². The number of fused-ring (bicyclic) bond motifs is 1. The van der Waals surface area contributed by atoms with Gasteiger partial charge in [0.05, 0.1) is 16.9 Å². The summed E-state index contributed by atoms with van der Waals surface area (Å²) in [5.74, 6) is 0.347. The summed E-state index contributed by atoms with van der Waals surface area (Å²) in [5, 5.41) is 3.54. The number of rotatable bonds is 4. The van der Waals surface area contributed by atoms with E-state index in [1.54, 1.807) is 6.92 Å². The van der Waals surface area contributed by atoms with Crippen molar-refractivity contribution in [1.82, 2.24) is 15.3 Å². The zero-order valence-electron chi connectivity index (χ0n) is 9.49. The lowest BCUT2D eigenvalue weighted by atomic mass is 10.3. The van der Waals surface area contributed by atoms with Crippen LogP contribution in [0, 0.1) is 0 Å². The van der Waals surface area contributed by atoms with Crippen LogP contribution in [0.2, 0.25) is 0 Å². The highest BCUT2D eigenvalue weighted by Crippen LogP contribution is 2.18. The van der Waals surface area contributed by atoms with E-state index in [4.69, 9.17) is 0 Å². The number of para-hydroxylation sites is 2. The third-order valence-corrected chi connectivity index (χ3v) is 2.95. The molecule has 0 bridgehead atoms. The number of thioether (sulfide) groups is 1. The molecule has 0 radical (unpaired) electrons. The largest absolute Gasteiger partial charge is 0.343 e. The highest BCUT2D eigenvalue weighted by molar-refractivity contribution is 7.99. The van der Waals surface area contributed by atoms with Crippen LogP contribution in [0.1, 0.15) is 6.92 Å². The molecular weight excluding hydrogens is 234 g/mol. The molecular formula is C12H13N3OS. The molecule has 0 aliphatic heterocycles. The fourth-order valence-electron chi connectivity index (χ4n) is 1.32. The molecule has 1 heterocycles. The van der Waals surface area contributed by atoms with Gasteiger partial charge in [0.1, 0.15) is 0 Å². The second kappa shape index (κ2) is 5.05. The van der Waals surface area contributed by atoms with E-state index >= 15 is 0 Å². The van der Waals surface area contributed by atoms with Crippen molar-refractivity contribution in [2.24, 2.45) is 0 Å². The highest BCUT2D eigenvalue weighted by atomic mass is 32.2. The Morgan fingerprint density at radius 3 is 3.00 bits per heavy atom. The SMILES string of the molecule is C=C(C)C(=O)NCSc1nc2ccccc2[nH]1. The van der Waals surface area contributed by atoms with Crippen molar-refractivity contribution in [3.8, 4) is 0 Å². The van der Waals surface area contributed by atoms with Crippen molar-refractivity contribution in [3.63, 3.8) is 0 Å². The van der Waals surface area contributed by atoms with Crippen molar-refractivity contribution >= 4 is 28.7 Å². The van der Waals surface area contributed by atoms with Gasteiger partial charge in [-0.05, 0) is 19.1 Å². The normalized spacial score (nSPS) is 10.4. The molecule has 4 nitrogen and oxygen atoms in total. The Morgan fingerprint density at radius 2 is 2.29 bits per heavy atom. The summed E-state index contributed by atoms with van der Waals surface area (Å²) in [4.78, 5) is 18.8. The van der Waals surface area contributed by atoms with Crippen LogP contribution in [0.15, 0.2) is 41.6 Å². The van der Waals surface area contributed by atoms with Gasteiger partial charge in [0.25, 0.3) is 0 Å². The van der Waals surface area contributed by atoms with Gasteiger partial charge in [0, 0.05) is 5.57 Å². The molecule has 2 N–H and O–H groups in total. The maximum atomic E-state index is 11.3. The molecule has 1 amide bonds. The van der Waals surface area contributed by atoms with Crippen LogP contribution in [0.5, 0.6) is 0 Å². The molecule has 2 rings (SSSR count). The van der Waals surface area contributed by atoms with Crippen LogP contribution in [-0.2, 0) is 4.79 Å². The molecule has 0 aliphatic rings. The lowest BCUT2D eigenvalue weighted by molar-refractivity contribution is -0.117. The number of aromatic amines is 1. The first-order valence-corrected chi connectivity index (χ1v) is 6.16. The van der Waals surface area contributed by atoms with Crippen molar-refractivity contribution < 1.29 is 4.79 Å². The van der Waals surface area contributed by atoms with Crippen molar-refractivity contribution in [2.75, 3.05) is 5.88 Å². The smallest absolute Gasteiger partial charge is 0.246 e. The molecule has 88 valence electrons. The van der Waals surface area contributed by atoms with E-state index in [-0.39, 0.29) is 5.91 Å². The number of carbonyl (C=O) groups is 1. The van der Waals surface area contributed by atoms with Crippen LogP contribution in [0.4, 0.5) is 0 Å². The molecule has 2 aromatic rings. The number of aromatic nitrogens is 2. The molecule has 0 saturated carbocycles. The number of amides is 1. The summed E-state index contributed by atoms with van der Waals surface area (Å²) in [5.41, 5.74) is 2.44. The summed E-state index contributed by atoms with van der Waals surface area (Å²) >= 11 is 1.45. The fraction of sp³-hybridized carbons (Fsp3) is 0.167. The van der Waals surface area contributed by atoms with Crippen molar-refractivity contribution in [2.45, 2.75) is 12.1 Å². The Labute approximate surface area is 104 Å². The minimum Gasteiger partial charge on any atom is -0.343 e. The van der Waals surface area contributed by atoms with E-state index in [1.807, 2.05) is 24.3 Å². The third kappa shape index (κ3) is 2.88. The topological polar surface area (TPSA) is 57.8 Å². The maximum absolute atomic E-state index is 11.3. The minimum atomic E-state index is -0.131. The molecule has 17 heavy (non-hydrogen) atoms. The van der Waals surface area contributed by atoms with E-state index < -0.39 is 0 Å². The average molecular weight is 247 g/mol. The number of hydrogen-bond acceptors (Lipinski definition) is 3. The molecule has 0 spiro atoms. The monoisotopic (exact) mass is 247 g/mol. The lowest BCUT2D eigenvalue weighted by Crippen LogP contribution is -2.22. The quantitative estimate of drug-likeness (QED) is 0.495. The van der Waals surface area contributed by atoms with E-state index in [9.17, 15) is 4.79 Å². The fourth-order valence-corrected chi connectivity index (χ4v) is 2.00. The van der Waals surface area contributed by atoms with E-state index in [0.29, 0.717) is 11.4 Å². The zero-order valence-corrected chi connectivity index (χ0v) is 10.3. The number of imidazole rings is 1. The Hall–Kier alpha value is -1.75. The first-order chi connectivity index (χ1) is 8.16. The predicted molar refractivity (Wildman–Crippen MR) is 69.8 cm³/mol. The van der Waals surface area contributed by atoms with Crippen LogP contribution in [0.3, 0.4) is 0 Å². The first kappa shape index (κ1) is 11.7. The lowest BCUT2D eigenvalue weighted by Gasteiger charge is -2.01. The van der Waals surface area contributed by atoms with Crippen LogP contribution in [0.25, 0.3) is 11.0 Å². The van der Waals surface area contributed by atoms with E-state index in [1.165, 1.54) is 11.8 Å². The Kier molecular flexibility index (Phi) is 3.49. The molecule has 0 atom stereocenters. The van der Waals surface area contributed by atoms with Crippen molar-refractivity contribution in [3.05, 3.63) is 36.4 Å². The summed E-state index contributed by atoms with van der Waals surface area (Å²) in [6, 6.07) is 7.82. The average Bonchev–Trinajstić information content (AvgIpc) is 2.71. The van der Waals surface area contributed by atoms with Gasteiger partial charge >= 0.3 is 0 Å². The maximum Gasteiger partial charge on any atom is 0.246 e. The highest BCUT2D eigenvalue weighted by Gasteiger charge is 2.04. The number of carbonyl (C=O) groups excluding carboxylic acids is 1. The summed E-state index contributed by atoms with van der Waals surface area (Å²) < 4.78 is 0. The van der Waals surface area contributed by atoms with Crippen molar-refractivity contribution in [1.29, 1.82) is 0 Å². The second-order valence-electron chi connectivity index (χ2n) is 3.63. The van der Waals surface area contributed by atoms with Crippen LogP contribution >= 0.6 is 11.8 Å². The van der Waals surface area contributed by atoms with Gasteiger partial charge in [0.2, 0.25) is 5.91 Å². The number of H-pyrrole nitrogens is 1. The third-order valence-electron chi connectivity index (χ3n) is 2.20. The minimum absolute atomic E-state index is 0.131. The predicted octanol–water partition coefficient (Wildman–Crippen LogP) is 2.30. The number of benzene rings is 1. The molecule has 1 aromatic heterocycles. The Morgan fingerprint density at radius 1 is 1.53 bits per heavy atom. The first-order valence-electron chi connectivity index (χ1n) is 5.18. The number of hydrogen-bond donors (Lipinski definition) is 2. The van der Waals surface area contributed by atoms with Gasteiger partial charge in [-0.3, -0.25) is 4.79 Å². The molecule has 0 aliphatic carbocycles. The van der Waals surface area contributed by atoms with Gasteiger partial charge in [-0.1, -0.05) is 30.5 Å². The standard InChI is InChI=1S/C12H13N3OS/c1-8(2)11(16)13-7-17-12-14-9-5-3-4-6-10(9)15-12/h3-6H,1,7H2,2H3,(H,13,16)(H,14,15). The van der Waals surface area contributed by atoms with Crippen LogP contribution < -0.4 is 5.32 Å². The van der Waals surface area contributed by atoms with E-state index in [0.717, 1.165) is 16.2 Å². The molecule has 0 fully saturated rings. The molecule has 1 aromatic carbocycles. The van der Waals surface area contributed by atoms with Gasteiger partial charge in [-0.25, -0.2) is 4.98 Å². The van der Waals surface area contributed by atoms with Gasteiger partial charge < -0.3 is 10.3 Å². The molecule has 0 saturated heterocycles. The van der Waals surface area contributed by atoms with Gasteiger partial charge in [-0.2, -0.15) is 0 Å². The summed E-state index contributed by atoms with van der Waals surface area (Å²) in [6.45, 7) is 5.25. The number of nitrogens with zero attached hydrogens (tertiary/aromatic N) is 1. The summed E-state index contributed by atoms with van der Waals surface area (Å²) in [7, 11) is 0. The van der Waals surface area contributed by atoms with Gasteiger partial charge in [-0.15, -0.1) is 0 Å². The Bertz CT molecular complexity index is 529. The second-order valence-corrected chi connectivity index (χ2v) is 4.60. The molecule has 0 unspecified atom stereocenters. The Balaban J connectivity index is 1.95.